The molecule has 9 nitrogen and oxygen atoms in total. The van der Waals surface area contributed by atoms with Crippen molar-refractivity contribution >= 4 is 33.0 Å². The van der Waals surface area contributed by atoms with Crippen LogP contribution in [0.5, 0.6) is 0 Å². The number of nitrogens with zero attached hydrogens (tertiary/aromatic N) is 3. The number of furan rings is 1. The quantitative estimate of drug-likeness (QED) is 0.343. The molecular formula is C27H20N4O5S. The Balaban J connectivity index is 1.48. The van der Waals surface area contributed by atoms with E-state index in [-0.39, 0.29) is 10.5 Å². The average Bonchev–Trinajstić information content (AvgIpc) is 3.37. The van der Waals surface area contributed by atoms with Crippen molar-refractivity contribution in [3.8, 4) is 22.7 Å². The zero-order valence-electron chi connectivity index (χ0n) is 19.5. The number of rotatable bonds is 6. The van der Waals surface area contributed by atoms with Crippen molar-refractivity contribution < 1.29 is 17.6 Å². The molecule has 0 bridgehead atoms. The minimum atomic E-state index is -3.93. The maximum absolute atomic E-state index is 13.3. The van der Waals surface area contributed by atoms with E-state index in [9.17, 15) is 18.0 Å². The molecule has 184 valence electrons. The predicted octanol–water partition coefficient (Wildman–Crippen LogP) is 4.03. The second-order valence-electron chi connectivity index (χ2n) is 8.07. The third kappa shape index (κ3) is 4.95. The van der Waals surface area contributed by atoms with Crippen molar-refractivity contribution in [2.24, 2.45) is 5.10 Å². The number of carbonyl (C=O) groups excluding carboxylic acids is 1. The van der Waals surface area contributed by atoms with Gasteiger partial charge in [0.1, 0.15) is 11.5 Å². The fourth-order valence-corrected chi connectivity index (χ4v) is 4.73. The summed E-state index contributed by atoms with van der Waals surface area (Å²) in [5.41, 5.74) is 1.61. The first kappa shape index (κ1) is 23.9. The van der Waals surface area contributed by atoms with Crippen molar-refractivity contribution in [2.75, 3.05) is 0 Å². The van der Waals surface area contributed by atoms with Gasteiger partial charge in [0.15, 0.2) is 5.82 Å². The number of benzene rings is 3. The van der Waals surface area contributed by atoms with Crippen LogP contribution in [0.15, 0.2) is 110 Å². The lowest BCUT2D eigenvalue weighted by atomic mass is 10.2. The van der Waals surface area contributed by atoms with Crippen LogP contribution in [-0.4, -0.2) is 30.2 Å². The van der Waals surface area contributed by atoms with Gasteiger partial charge in [0.05, 0.1) is 22.0 Å². The standard InChI is InChI=1S/C27H20N4O5S/c1-18(32)30-37(34,35)22-14-11-19(12-15-22)25-16-13-21(36-25)17-28-31-26(20-7-3-2-4-8-20)29-24-10-6-5-9-23(24)27(31)33/h2-17H,1H3,(H,30,32). The van der Waals surface area contributed by atoms with Crippen LogP contribution in [-0.2, 0) is 14.8 Å². The SMILES string of the molecule is CC(=O)NS(=O)(=O)c1ccc(-c2ccc(C=Nn3c(-c4ccccc4)nc4ccccc4c3=O)o2)cc1. The third-order valence-electron chi connectivity index (χ3n) is 5.44. The number of sulfonamides is 1. The second-order valence-corrected chi connectivity index (χ2v) is 9.75. The summed E-state index contributed by atoms with van der Waals surface area (Å²) in [6, 6.07) is 25.7. The zero-order chi connectivity index (χ0) is 26.0. The summed E-state index contributed by atoms with van der Waals surface area (Å²) in [4.78, 5) is 29.0. The van der Waals surface area contributed by atoms with E-state index in [1.807, 2.05) is 41.1 Å². The molecule has 5 rings (SSSR count). The smallest absolute Gasteiger partial charge is 0.282 e. The number of fused-ring (bicyclic) bond motifs is 1. The Morgan fingerprint density at radius 2 is 1.62 bits per heavy atom. The van der Waals surface area contributed by atoms with Gasteiger partial charge in [-0.2, -0.15) is 9.78 Å². The first-order chi connectivity index (χ1) is 17.8. The topological polar surface area (TPSA) is 124 Å². The van der Waals surface area contributed by atoms with Gasteiger partial charge in [-0.3, -0.25) is 9.59 Å². The van der Waals surface area contributed by atoms with E-state index in [0.717, 1.165) is 12.5 Å². The summed E-state index contributed by atoms with van der Waals surface area (Å²) in [5.74, 6) is 0.569. The number of nitrogens with one attached hydrogen (secondary N) is 1. The highest BCUT2D eigenvalue weighted by atomic mass is 32.2. The molecule has 2 aromatic heterocycles. The fraction of sp³-hybridized carbons (Fsp3) is 0.0370. The molecule has 2 heterocycles. The van der Waals surface area contributed by atoms with Gasteiger partial charge in [0.25, 0.3) is 15.6 Å². The van der Waals surface area contributed by atoms with Gasteiger partial charge in [0, 0.05) is 18.1 Å². The molecular weight excluding hydrogens is 492 g/mol. The van der Waals surface area contributed by atoms with Crippen LogP contribution in [0.2, 0.25) is 0 Å². The summed E-state index contributed by atoms with van der Waals surface area (Å²) < 4.78 is 33.3. The van der Waals surface area contributed by atoms with Crippen molar-refractivity contribution in [2.45, 2.75) is 11.8 Å². The molecule has 3 aromatic carbocycles. The van der Waals surface area contributed by atoms with Crippen LogP contribution >= 0.6 is 0 Å². The molecule has 1 N–H and O–H groups in total. The molecule has 0 aliphatic rings. The summed E-state index contributed by atoms with van der Waals surface area (Å²) in [7, 11) is -3.93. The van der Waals surface area contributed by atoms with E-state index in [2.05, 4.69) is 10.1 Å². The highest BCUT2D eigenvalue weighted by molar-refractivity contribution is 7.90. The number of hydrogen-bond donors (Lipinski definition) is 1. The number of carbonyl (C=O) groups is 1. The van der Waals surface area contributed by atoms with Crippen LogP contribution in [0.4, 0.5) is 0 Å². The molecule has 37 heavy (non-hydrogen) atoms. The molecule has 1 amide bonds. The van der Waals surface area contributed by atoms with Gasteiger partial charge >= 0.3 is 0 Å². The van der Waals surface area contributed by atoms with Crippen LogP contribution in [0, 0.1) is 0 Å². The fourth-order valence-electron chi connectivity index (χ4n) is 3.74. The molecule has 0 atom stereocenters. The summed E-state index contributed by atoms with van der Waals surface area (Å²) in [5, 5.41) is 4.83. The minimum Gasteiger partial charge on any atom is -0.455 e. The van der Waals surface area contributed by atoms with Gasteiger partial charge in [-0.05, 0) is 48.5 Å². The van der Waals surface area contributed by atoms with E-state index in [1.165, 1.54) is 23.0 Å². The highest BCUT2D eigenvalue weighted by Crippen LogP contribution is 2.24. The van der Waals surface area contributed by atoms with E-state index in [1.54, 1.807) is 42.5 Å². The lowest BCUT2D eigenvalue weighted by molar-refractivity contribution is -0.117. The Kier molecular flexibility index (Phi) is 6.24. The Morgan fingerprint density at radius 1 is 0.919 bits per heavy atom. The Hall–Kier alpha value is -4.83. The number of aromatic nitrogens is 2. The van der Waals surface area contributed by atoms with Gasteiger partial charge in [-0.15, -0.1) is 0 Å². The second kappa shape index (κ2) is 9.67. The number of hydrogen-bond acceptors (Lipinski definition) is 7. The maximum Gasteiger partial charge on any atom is 0.282 e. The molecule has 0 spiro atoms. The first-order valence-corrected chi connectivity index (χ1v) is 12.7. The molecule has 0 aliphatic heterocycles. The Morgan fingerprint density at radius 3 is 2.35 bits per heavy atom. The number of para-hydroxylation sites is 1. The molecule has 10 heteroatoms. The predicted molar refractivity (Wildman–Crippen MR) is 140 cm³/mol. The molecule has 0 aliphatic carbocycles. The molecule has 0 saturated carbocycles. The largest absolute Gasteiger partial charge is 0.455 e. The van der Waals surface area contributed by atoms with E-state index in [0.29, 0.717) is 33.8 Å². The molecule has 0 unspecified atom stereocenters. The van der Waals surface area contributed by atoms with E-state index in [4.69, 9.17) is 4.42 Å². The normalized spacial score (nSPS) is 11.7. The average molecular weight is 513 g/mol. The zero-order valence-corrected chi connectivity index (χ0v) is 20.3. The van der Waals surface area contributed by atoms with E-state index < -0.39 is 15.9 Å². The Labute approximate surface area is 211 Å². The summed E-state index contributed by atoms with van der Waals surface area (Å²) >= 11 is 0. The van der Waals surface area contributed by atoms with Crippen LogP contribution in [0.25, 0.3) is 33.6 Å². The molecule has 0 fully saturated rings. The third-order valence-corrected chi connectivity index (χ3v) is 6.89. The van der Waals surface area contributed by atoms with Crippen molar-refractivity contribution in [3.63, 3.8) is 0 Å². The van der Waals surface area contributed by atoms with Gasteiger partial charge in [0.2, 0.25) is 5.91 Å². The molecule has 5 aromatic rings. The van der Waals surface area contributed by atoms with Gasteiger partial charge < -0.3 is 4.42 Å². The summed E-state index contributed by atoms with van der Waals surface area (Å²) in [6.07, 6.45) is 1.42. The highest BCUT2D eigenvalue weighted by Gasteiger charge is 2.16. The van der Waals surface area contributed by atoms with Crippen LogP contribution in [0.1, 0.15) is 12.7 Å². The molecule has 0 saturated heterocycles. The Bertz CT molecular complexity index is 1810. The van der Waals surface area contributed by atoms with Gasteiger partial charge in [-0.25, -0.2) is 18.1 Å². The number of amides is 1. The maximum atomic E-state index is 13.3. The van der Waals surface area contributed by atoms with Crippen LogP contribution < -0.4 is 10.3 Å². The van der Waals surface area contributed by atoms with E-state index >= 15 is 0 Å². The monoisotopic (exact) mass is 512 g/mol. The van der Waals surface area contributed by atoms with Crippen molar-refractivity contribution in [1.82, 2.24) is 14.4 Å². The van der Waals surface area contributed by atoms with Crippen molar-refractivity contribution in [3.05, 3.63) is 107 Å². The minimum absolute atomic E-state index is 0.0450. The lowest BCUT2D eigenvalue weighted by Crippen LogP contribution is -2.28. The molecule has 0 radical (unpaired) electrons. The van der Waals surface area contributed by atoms with Gasteiger partial charge in [-0.1, -0.05) is 42.5 Å². The lowest BCUT2D eigenvalue weighted by Gasteiger charge is -2.09. The van der Waals surface area contributed by atoms with Crippen LogP contribution in [0.3, 0.4) is 0 Å². The van der Waals surface area contributed by atoms with Crippen molar-refractivity contribution in [1.29, 1.82) is 0 Å². The summed E-state index contributed by atoms with van der Waals surface area (Å²) in [6.45, 7) is 1.13. The first-order valence-electron chi connectivity index (χ1n) is 11.2.